The van der Waals surface area contributed by atoms with Gasteiger partial charge in [-0.3, -0.25) is 9.69 Å². The molecule has 3 fully saturated rings. The molecule has 0 saturated carbocycles. The van der Waals surface area contributed by atoms with Crippen LogP contribution in [0.25, 0.3) is 22.0 Å². The van der Waals surface area contributed by atoms with Crippen molar-refractivity contribution in [3.8, 4) is 17.1 Å². The van der Waals surface area contributed by atoms with Crippen molar-refractivity contribution in [2.24, 2.45) is 0 Å². The second-order valence-corrected chi connectivity index (χ2v) is 14.5. The zero-order valence-electron chi connectivity index (χ0n) is 26.3. The van der Waals surface area contributed by atoms with Crippen molar-refractivity contribution in [2.45, 2.75) is 81.5 Å². The number of halogens is 4. The molecule has 0 aliphatic carbocycles. The zero-order chi connectivity index (χ0) is 32.9. The number of ether oxygens (including phenoxy) is 1. The average molecular weight is 690 g/mol. The third-order valence-corrected chi connectivity index (χ3v) is 11.0. The SMILES string of the molecule is Nc1cc(Cl)c2c(c1)-c1c(Cl)cc3c(nc(OC[C@@]45CCCN4C[C@H](F)C5)nc3c1F)N1CCCC(O)(CCNC(=O)CCCC2)C1. The monoisotopic (exact) mass is 688 g/mol. The van der Waals surface area contributed by atoms with E-state index < -0.39 is 23.1 Å². The quantitative estimate of drug-likeness (QED) is 0.294. The summed E-state index contributed by atoms with van der Waals surface area (Å²) >= 11 is 13.6. The molecular weight excluding hydrogens is 649 g/mol. The van der Waals surface area contributed by atoms with E-state index in [-0.39, 0.29) is 41.2 Å². The second-order valence-electron chi connectivity index (χ2n) is 13.7. The number of piperidine rings is 1. The lowest BCUT2D eigenvalue weighted by molar-refractivity contribution is -0.121. The average Bonchev–Trinajstić information content (AvgIpc) is 3.54. The highest BCUT2D eigenvalue weighted by atomic mass is 35.5. The fourth-order valence-corrected chi connectivity index (χ4v) is 8.72. The summed E-state index contributed by atoms with van der Waals surface area (Å²) in [6.45, 7) is 2.46. The van der Waals surface area contributed by atoms with Gasteiger partial charge in [0, 0.05) is 60.7 Å². The summed E-state index contributed by atoms with van der Waals surface area (Å²) in [5.41, 5.74) is 6.29. The molecule has 13 heteroatoms. The number of nitrogen functional groups attached to an aromatic ring is 1. The topological polar surface area (TPSA) is 117 Å². The first kappa shape index (κ1) is 32.6. The summed E-state index contributed by atoms with van der Waals surface area (Å²) in [5.74, 6) is -0.361. The molecule has 8 rings (SSSR count). The fraction of sp³-hybridized carbons (Fsp3) is 0.559. The Morgan fingerprint density at radius 1 is 1.06 bits per heavy atom. The molecule has 6 bridgehead atoms. The van der Waals surface area contributed by atoms with Gasteiger partial charge >= 0.3 is 6.01 Å². The Bertz CT molecular complexity index is 1710. The number of nitrogens with two attached hydrogens (primary N) is 1. The lowest BCUT2D eigenvalue weighted by Crippen LogP contribution is -2.50. The third kappa shape index (κ3) is 6.32. The number of carbonyl (C=O) groups excluding carboxylic acids is 1. The van der Waals surface area contributed by atoms with Gasteiger partial charge in [0.05, 0.1) is 16.2 Å². The number of carbonyl (C=O) groups is 1. The van der Waals surface area contributed by atoms with Crippen molar-refractivity contribution in [1.82, 2.24) is 20.2 Å². The molecule has 3 atom stereocenters. The predicted molar refractivity (Wildman–Crippen MR) is 179 cm³/mol. The largest absolute Gasteiger partial charge is 0.461 e. The number of anilines is 2. The Morgan fingerprint density at radius 3 is 2.72 bits per heavy atom. The lowest BCUT2D eigenvalue weighted by Gasteiger charge is -2.40. The summed E-state index contributed by atoms with van der Waals surface area (Å²) in [6, 6.07) is 4.93. The number of nitrogens with one attached hydrogen (secondary N) is 1. The highest BCUT2D eigenvalue weighted by molar-refractivity contribution is 6.35. The van der Waals surface area contributed by atoms with E-state index in [4.69, 9.17) is 38.7 Å². The summed E-state index contributed by atoms with van der Waals surface area (Å²) in [4.78, 5) is 26.1. The van der Waals surface area contributed by atoms with Gasteiger partial charge in [0.1, 0.15) is 24.1 Å². The fourth-order valence-electron chi connectivity index (χ4n) is 8.10. The number of amides is 1. The number of fused-ring (bicyclic) bond motifs is 9. The van der Waals surface area contributed by atoms with Crippen LogP contribution in [0.15, 0.2) is 18.2 Å². The Morgan fingerprint density at radius 2 is 1.87 bits per heavy atom. The number of aromatic nitrogens is 2. The molecule has 5 aliphatic rings. The molecule has 1 amide bonds. The normalized spacial score (nSPS) is 27.0. The standard InChI is InChI=1S/C34H40Cl2F2N6O3/c35-25-14-21(39)13-23-22(25)5-1-2-6-27(45)40-10-9-34(46)8-4-11-43(18-34)31-24-15-26(36)28(23)29(38)30(24)41-32(42-31)47-19-33-7-3-12-44(33)17-20(37)16-33/h13-15,20,46H,1-12,16-19,39H2,(H,40,45)/t20-,33+,34?/m1/s1. The Balaban J connectivity index is 1.37. The number of alkyl halides is 1. The molecule has 0 spiro atoms. The van der Waals surface area contributed by atoms with E-state index in [2.05, 4.69) is 15.2 Å². The van der Waals surface area contributed by atoms with Gasteiger partial charge in [0.2, 0.25) is 5.91 Å². The Labute approximate surface area is 282 Å². The van der Waals surface area contributed by atoms with Crippen LogP contribution in [0, 0.1) is 5.82 Å². The van der Waals surface area contributed by atoms with E-state index in [0.29, 0.717) is 104 Å². The predicted octanol–water partition coefficient (Wildman–Crippen LogP) is 5.84. The van der Waals surface area contributed by atoms with Gasteiger partial charge in [-0.1, -0.05) is 23.2 Å². The molecule has 9 nitrogen and oxygen atoms in total. The van der Waals surface area contributed by atoms with Gasteiger partial charge in [-0.15, -0.1) is 0 Å². The Hall–Kier alpha value is -2.99. The molecule has 6 heterocycles. The van der Waals surface area contributed by atoms with Crippen LogP contribution in [0.3, 0.4) is 0 Å². The van der Waals surface area contributed by atoms with Crippen LogP contribution in [0.4, 0.5) is 20.3 Å². The molecule has 4 N–H and O–H groups in total. The van der Waals surface area contributed by atoms with Crippen LogP contribution in [-0.4, -0.2) is 82.5 Å². The van der Waals surface area contributed by atoms with E-state index in [1.165, 1.54) is 0 Å². The summed E-state index contributed by atoms with van der Waals surface area (Å²) < 4.78 is 37.8. The van der Waals surface area contributed by atoms with Crippen LogP contribution in [0.1, 0.15) is 63.4 Å². The minimum Gasteiger partial charge on any atom is -0.461 e. The first-order chi connectivity index (χ1) is 22.5. The maximum absolute atomic E-state index is 17.0. The molecule has 3 aromatic rings. The van der Waals surface area contributed by atoms with Crippen LogP contribution >= 0.6 is 23.2 Å². The van der Waals surface area contributed by atoms with E-state index in [0.717, 1.165) is 19.4 Å². The van der Waals surface area contributed by atoms with Crippen LogP contribution in [0.5, 0.6) is 6.01 Å². The van der Waals surface area contributed by atoms with Crippen LogP contribution in [0.2, 0.25) is 10.0 Å². The second kappa shape index (κ2) is 12.8. The molecule has 47 heavy (non-hydrogen) atoms. The smallest absolute Gasteiger partial charge is 0.319 e. The van der Waals surface area contributed by atoms with E-state index in [1.807, 2.05) is 4.90 Å². The highest BCUT2D eigenvalue weighted by Crippen LogP contribution is 2.44. The van der Waals surface area contributed by atoms with Crippen molar-refractivity contribution in [3.05, 3.63) is 39.6 Å². The first-order valence-corrected chi connectivity index (χ1v) is 17.3. The van der Waals surface area contributed by atoms with Crippen LogP contribution in [-0.2, 0) is 11.2 Å². The third-order valence-electron chi connectivity index (χ3n) is 10.4. The molecular formula is C34H40Cl2F2N6O3. The number of nitrogens with zero attached hydrogens (tertiary/aromatic N) is 4. The summed E-state index contributed by atoms with van der Waals surface area (Å²) in [6.07, 6.45) is 4.77. The lowest BCUT2D eigenvalue weighted by atomic mass is 9.89. The first-order valence-electron chi connectivity index (χ1n) is 16.6. The van der Waals surface area contributed by atoms with E-state index in [1.54, 1.807) is 18.2 Å². The minimum absolute atomic E-state index is 0.0203. The zero-order valence-corrected chi connectivity index (χ0v) is 27.8. The minimum atomic E-state index is -1.10. The molecule has 0 radical (unpaired) electrons. The number of hydrogen-bond acceptors (Lipinski definition) is 8. The summed E-state index contributed by atoms with van der Waals surface area (Å²) in [7, 11) is 0. The van der Waals surface area contributed by atoms with E-state index >= 15 is 4.39 Å². The van der Waals surface area contributed by atoms with Crippen molar-refractivity contribution in [2.75, 3.05) is 50.0 Å². The maximum atomic E-state index is 17.0. The number of hydrogen-bond donors (Lipinski definition) is 3. The molecule has 3 saturated heterocycles. The van der Waals surface area contributed by atoms with Gasteiger partial charge in [0.15, 0.2) is 5.82 Å². The molecule has 252 valence electrons. The van der Waals surface area contributed by atoms with Crippen molar-refractivity contribution < 1.29 is 23.4 Å². The van der Waals surface area contributed by atoms with Gasteiger partial charge in [-0.05, 0) is 87.2 Å². The van der Waals surface area contributed by atoms with Gasteiger partial charge in [0.25, 0.3) is 0 Å². The molecule has 1 unspecified atom stereocenters. The molecule has 1 aromatic heterocycles. The van der Waals surface area contributed by atoms with Crippen molar-refractivity contribution in [1.29, 1.82) is 0 Å². The van der Waals surface area contributed by atoms with Crippen molar-refractivity contribution in [3.63, 3.8) is 0 Å². The van der Waals surface area contributed by atoms with Gasteiger partial charge in [-0.2, -0.15) is 9.97 Å². The molecule has 2 aromatic carbocycles. The van der Waals surface area contributed by atoms with Crippen LogP contribution < -0.4 is 20.7 Å². The Kier molecular flexibility index (Phi) is 8.86. The number of benzene rings is 2. The van der Waals surface area contributed by atoms with Gasteiger partial charge < -0.3 is 25.8 Å². The van der Waals surface area contributed by atoms with Crippen molar-refractivity contribution >= 4 is 51.5 Å². The van der Waals surface area contributed by atoms with Gasteiger partial charge in [-0.25, -0.2) is 8.78 Å². The number of rotatable bonds is 3. The molecule has 5 aliphatic heterocycles. The van der Waals surface area contributed by atoms with E-state index in [9.17, 15) is 14.3 Å². The maximum Gasteiger partial charge on any atom is 0.319 e. The highest BCUT2D eigenvalue weighted by Gasteiger charge is 2.49. The number of aliphatic hydroxyl groups is 1. The summed E-state index contributed by atoms with van der Waals surface area (Å²) in [5, 5.41) is 15.5.